The Morgan fingerprint density at radius 1 is 1.14 bits per heavy atom. The minimum Gasteiger partial charge on any atom is -0.352 e. The Hall–Kier alpha value is -1.06. The molecule has 0 atom stereocenters. The first kappa shape index (κ1) is 16.3. The predicted octanol–water partition coefficient (Wildman–Crippen LogP) is 3.66. The molecule has 0 radical (unpaired) electrons. The Bertz CT molecular complexity index is 442. The van der Waals surface area contributed by atoms with Crippen molar-refractivity contribution in [2.24, 2.45) is 0 Å². The molecule has 21 heavy (non-hydrogen) atoms. The van der Waals surface area contributed by atoms with E-state index in [1.54, 1.807) is 0 Å². The maximum atomic E-state index is 11.8. The number of carbonyl (C=O) groups is 1. The van der Waals surface area contributed by atoms with Crippen molar-refractivity contribution in [1.82, 2.24) is 10.6 Å². The number of rotatable bonds is 6. The number of benzene rings is 1. The van der Waals surface area contributed by atoms with Crippen LogP contribution in [0.4, 0.5) is 0 Å². The van der Waals surface area contributed by atoms with Crippen LogP contribution in [0.15, 0.2) is 24.3 Å². The summed E-state index contributed by atoms with van der Waals surface area (Å²) in [7, 11) is 0. The van der Waals surface area contributed by atoms with Crippen LogP contribution in [-0.4, -0.2) is 18.5 Å². The van der Waals surface area contributed by atoms with Crippen LogP contribution in [0.3, 0.4) is 0 Å². The monoisotopic (exact) mass is 308 g/mol. The third-order valence-electron chi connectivity index (χ3n) is 4.07. The smallest absolute Gasteiger partial charge is 0.221 e. The molecule has 0 spiro atoms. The Kier molecular flexibility index (Phi) is 7.04. The molecule has 0 aliphatic heterocycles. The fraction of sp³-hybridized carbons (Fsp3) is 0.588. The van der Waals surface area contributed by atoms with Gasteiger partial charge in [0.05, 0.1) is 0 Å². The maximum absolute atomic E-state index is 11.8. The van der Waals surface area contributed by atoms with Crippen molar-refractivity contribution in [3.05, 3.63) is 34.9 Å². The summed E-state index contributed by atoms with van der Waals surface area (Å²) in [6, 6.07) is 8.21. The number of nitrogens with one attached hydrogen (secondary N) is 2. The zero-order valence-electron chi connectivity index (χ0n) is 12.5. The Labute approximate surface area is 132 Å². The first-order valence-corrected chi connectivity index (χ1v) is 8.37. The number of carbonyl (C=O) groups excluding carboxylic acids is 1. The van der Waals surface area contributed by atoms with Crippen LogP contribution in [0.2, 0.25) is 5.02 Å². The van der Waals surface area contributed by atoms with Crippen LogP contribution < -0.4 is 10.6 Å². The lowest BCUT2D eigenvalue weighted by Gasteiger charge is -2.15. The highest BCUT2D eigenvalue weighted by Crippen LogP contribution is 2.17. The first-order chi connectivity index (χ1) is 10.3. The molecule has 4 heteroatoms. The molecule has 2 N–H and O–H groups in total. The topological polar surface area (TPSA) is 41.1 Å². The molecular formula is C17H25ClN2O. The van der Waals surface area contributed by atoms with Crippen LogP contribution in [0, 0.1) is 0 Å². The molecule has 0 saturated heterocycles. The highest BCUT2D eigenvalue weighted by molar-refractivity contribution is 6.31. The molecule has 3 nitrogen and oxygen atoms in total. The van der Waals surface area contributed by atoms with Gasteiger partial charge in [-0.1, -0.05) is 55.5 Å². The van der Waals surface area contributed by atoms with Gasteiger partial charge < -0.3 is 10.6 Å². The van der Waals surface area contributed by atoms with E-state index in [9.17, 15) is 4.79 Å². The van der Waals surface area contributed by atoms with E-state index in [2.05, 4.69) is 10.6 Å². The minimum absolute atomic E-state index is 0.0797. The van der Waals surface area contributed by atoms with Gasteiger partial charge in [-0.05, 0) is 24.5 Å². The predicted molar refractivity (Wildman–Crippen MR) is 87.4 cm³/mol. The summed E-state index contributed by atoms with van der Waals surface area (Å²) in [4.78, 5) is 11.8. The van der Waals surface area contributed by atoms with Gasteiger partial charge >= 0.3 is 0 Å². The summed E-state index contributed by atoms with van der Waals surface area (Å²) in [5.74, 6) is 0.0797. The van der Waals surface area contributed by atoms with Gasteiger partial charge in [-0.3, -0.25) is 4.79 Å². The van der Waals surface area contributed by atoms with E-state index in [0.29, 0.717) is 24.0 Å². The second-order valence-electron chi connectivity index (χ2n) is 5.76. The fourth-order valence-electron chi connectivity index (χ4n) is 2.80. The highest BCUT2D eigenvalue weighted by Gasteiger charge is 2.11. The molecule has 116 valence electrons. The number of halogens is 1. The zero-order chi connectivity index (χ0) is 14.9. The van der Waals surface area contributed by atoms with Crippen LogP contribution in [-0.2, 0) is 11.3 Å². The summed E-state index contributed by atoms with van der Waals surface area (Å²) in [5.41, 5.74) is 0.962. The minimum atomic E-state index is 0.0797. The summed E-state index contributed by atoms with van der Waals surface area (Å²) in [5, 5.41) is 7.14. The lowest BCUT2D eigenvalue weighted by molar-refractivity contribution is -0.121. The zero-order valence-corrected chi connectivity index (χ0v) is 13.3. The third-order valence-corrected chi connectivity index (χ3v) is 4.44. The van der Waals surface area contributed by atoms with Crippen molar-refractivity contribution in [1.29, 1.82) is 0 Å². The van der Waals surface area contributed by atoms with Gasteiger partial charge in [0.25, 0.3) is 0 Å². The Morgan fingerprint density at radius 2 is 1.86 bits per heavy atom. The van der Waals surface area contributed by atoms with Crippen molar-refractivity contribution >= 4 is 17.5 Å². The standard InChI is InChI=1S/C17H25ClN2O/c18-16-10-6-5-7-14(16)13-20-17(21)11-12-19-15-8-3-1-2-4-9-15/h5-7,10,15,19H,1-4,8-9,11-13H2,(H,20,21). The second kappa shape index (κ2) is 9.06. The van der Waals surface area contributed by atoms with Gasteiger partial charge in [-0.2, -0.15) is 0 Å². The van der Waals surface area contributed by atoms with E-state index in [4.69, 9.17) is 11.6 Å². The van der Waals surface area contributed by atoms with Gasteiger partial charge in [-0.15, -0.1) is 0 Å². The molecule has 1 aliphatic carbocycles. The lowest BCUT2D eigenvalue weighted by atomic mass is 10.1. The van der Waals surface area contributed by atoms with Gasteiger partial charge in [-0.25, -0.2) is 0 Å². The van der Waals surface area contributed by atoms with Crippen molar-refractivity contribution in [3.8, 4) is 0 Å². The van der Waals surface area contributed by atoms with Gasteiger partial charge in [0.15, 0.2) is 0 Å². The molecule has 0 bridgehead atoms. The fourth-order valence-corrected chi connectivity index (χ4v) is 3.00. The molecule has 1 aliphatic rings. The number of hydrogen-bond donors (Lipinski definition) is 2. The highest BCUT2D eigenvalue weighted by atomic mass is 35.5. The third kappa shape index (κ3) is 6.06. The maximum Gasteiger partial charge on any atom is 0.221 e. The van der Waals surface area contributed by atoms with Gasteiger partial charge in [0, 0.05) is 30.6 Å². The SMILES string of the molecule is O=C(CCNC1CCCCCC1)NCc1ccccc1Cl. The average molecular weight is 309 g/mol. The van der Waals surface area contributed by atoms with E-state index in [-0.39, 0.29) is 5.91 Å². The molecule has 1 aromatic rings. The van der Waals surface area contributed by atoms with Gasteiger partial charge in [0.1, 0.15) is 0 Å². The quantitative estimate of drug-likeness (QED) is 0.787. The molecule has 1 fully saturated rings. The van der Waals surface area contributed by atoms with Crippen LogP contribution in [0.25, 0.3) is 0 Å². The van der Waals surface area contributed by atoms with E-state index < -0.39 is 0 Å². The molecule has 2 rings (SSSR count). The second-order valence-corrected chi connectivity index (χ2v) is 6.17. The van der Waals surface area contributed by atoms with E-state index in [1.807, 2.05) is 24.3 Å². The van der Waals surface area contributed by atoms with Crippen molar-refractivity contribution in [2.75, 3.05) is 6.54 Å². The Morgan fingerprint density at radius 3 is 2.57 bits per heavy atom. The Balaban J connectivity index is 1.62. The molecule has 0 unspecified atom stereocenters. The van der Waals surface area contributed by atoms with Crippen molar-refractivity contribution in [3.63, 3.8) is 0 Å². The number of amides is 1. The average Bonchev–Trinajstić information content (AvgIpc) is 2.75. The van der Waals surface area contributed by atoms with E-state index in [1.165, 1.54) is 38.5 Å². The molecule has 1 amide bonds. The molecule has 1 aromatic carbocycles. The van der Waals surface area contributed by atoms with Crippen LogP contribution >= 0.6 is 11.6 Å². The number of hydrogen-bond acceptors (Lipinski definition) is 2. The van der Waals surface area contributed by atoms with Gasteiger partial charge in [0.2, 0.25) is 5.91 Å². The van der Waals surface area contributed by atoms with Crippen LogP contribution in [0.1, 0.15) is 50.5 Å². The normalized spacial score (nSPS) is 16.4. The first-order valence-electron chi connectivity index (χ1n) is 7.99. The summed E-state index contributed by atoms with van der Waals surface area (Å²) < 4.78 is 0. The van der Waals surface area contributed by atoms with Crippen LogP contribution in [0.5, 0.6) is 0 Å². The molecule has 0 heterocycles. The lowest BCUT2D eigenvalue weighted by Crippen LogP contribution is -2.33. The largest absolute Gasteiger partial charge is 0.352 e. The summed E-state index contributed by atoms with van der Waals surface area (Å²) >= 11 is 6.07. The molecule has 0 aromatic heterocycles. The van der Waals surface area contributed by atoms with E-state index >= 15 is 0 Å². The molecule has 1 saturated carbocycles. The molecular weight excluding hydrogens is 284 g/mol. The summed E-state index contributed by atoms with van der Waals surface area (Å²) in [6.07, 6.45) is 8.38. The summed E-state index contributed by atoms with van der Waals surface area (Å²) in [6.45, 7) is 1.26. The van der Waals surface area contributed by atoms with E-state index in [0.717, 1.165) is 12.1 Å². The van der Waals surface area contributed by atoms with Crippen molar-refractivity contribution in [2.45, 2.75) is 57.5 Å². The van der Waals surface area contributed by atoms with Crippen molar-refractivity contribution < 1.29 is 4.79 Å².